The molecule has 23 heavy (non-hydrogen) atoms. The molecular weight excluding hydrogens is 374 g/mol. The van der Waals surface area contributed by atoms with Crippen LogP contribution < -0.4 is 0 Å². The first kappa shape index (κ1) is 18.3. The number of rotatable bonds is 3. The summed E-state index contributed by atoms with van der Waals surface area (Å²) in [7, 11) is 0. The molecule has 2 nitrogen and oxygen atoms in total. The number of hydrogen-bond acceptors (Lipinski definition) is 2. The van der Waals surface area contributed by atoms with E-state index in [0.29, 0.717) is 23.2 Å². The fraction of sp³-hybridized carbons (Fsp3) is 0.267. The summed E-state index contributed by atoms with van der Waals surface area (Å²) in [5.41, 5.74) is -2.44. The van der Waals surface area contributed by atoms with Crippen molar-refractivity contribution >= 4 is 34.8 Å². The Bertz CT molecular complexity index is 692. The van der Waals surface area contributed by atoms with Crippen molar-refractivity contribution in [3.63, 3.8) is 0 Å². The first-order valence-corrected chi connectivity index (χ1v) is 7.53. The lowest BCUT2D eigenvalue weighted by Crippen LogP contribution is -2.39. The van der Waals surface area contributed by atoms with Crippen molar-refractivity contribution < 1.29 is 18.3 Å². The molecule has 1 aromatic carbocycles. The normalized spacial score (nSPS) is 14.6. The van der Waals surface area contributed by atoms with Crippen LogP contribution in [0.2, 0.25) is 15.1 Å². The van der Waals surface area contributed by atoms with Crippen LogP contribution in [0, 0.1) is 0 Å². The Balaban J connectivity index is 2.40. The molecule has 1 atom stereocenters. The second kappa shape index (κ2) is 6.48. The van der Waals surface area contributed by atoms with Gasteiger partial charge in [-0.05, 0) is 42.3 Å². The molecule has 0 aliphatic carbocycles. The van der Waals surface area contributed by atoms with Gasteiger partial charge in [-0.3, -0.25) is 4.98 Å². The quantitative estimate of drug-likeness (QED) is 0.768. The highest BCUT2D eigenvalue weighted by atomic mass is 35.5. The minimum absolute atomic E-state index is 0.0220. The standard InChI is InChI=1S/C15H11Cl3F3NO/c1-14(23,15(19,20)21)8-4-12(17)11(13(18)5-8)6-10-3-2-9(16)7-22-10/h2-5,7,23H,6H2,1H3/t14-/m1/s1. The lowest BCUT2D eigenvalue weighted by molar-refractivity contribution is -0.258. The number of nitrogens with zero attached hydrogens (tertiary/aromatic N) is 1. The van der Waals surface area contributed by atoms with E-state index >= 15 is 0 Å². The van der Waals surface area contributed by atoms with Gasteiger partial charge < -0.3 is 5.11 Å². The highest BCUT2D eigenvalue weighted by Gasteiger charge is 2.51. The van der Waals surface area contributed by atoms with Crippen LogP contribution in [0.15, 0.2) is 30.5 Å². The maximum Gasteiger partial charge on any atom is 0.421 e. The molecule has 124 valence electrons. The molecule has 0 saturated carbocycles. The molecule has 1 N–H and O–H groups in total. The van der Waals surface area contributed by atoms with Gasteiger partial charge in [-0.15, -0.1) is 0 Å². The molecular formula is C15H11Cl3F3NO. The molecule has 0 spiro atoms. The Morgan fingerprint density at radius 3 is 2.09 bits per heavy atom. The molecule has 0 amide bonds. The molecule has 0 unspecified atom stereocenters. The lowest BCUT2D eigenvalue weighted by atomic mass is 9.93. The van der Waals surface area contributed by atoms with E-state index in [-0.39, 0.29) is 16.5 Å². The number of hydrogen-bond donors (Lipinski definition) is 1. The zero-order valence-electron chi connectivity index (χ0n) is 11.8. The van der Waals surface area contributed by atoms with E-state index in [0.717, 1.165) is 12.1 Å². The van der Waals surface area contributed by atoms with Gasteiger partial charge in [-0.2, -0.15) is 13.2 Å². The van der Waals surface area contributed by atoms with Crippen LogP contribution in [0.3, 0.4) is 0 Å². The summed E-state index contributed by atoms with van der Waals surface area (Å²) in [4.78, 5) is 4.09. The highest BCUT2D eigenvalue weighted by Crippen LogP contribution is 2.41. The van der Waals surface area contributed by atoms with Crippen molar-refractivity contribution in [3.05, 3.63) is 62.4 Å². The van der Waals surface area contributed by atoms with Gasteiger partial charge in [-0.25, -0.2) is 0 Å². The van der Waals surface area contributed by atoms with Gasteiger partial charge in [0.25, 0.3) is 0 Å². The van der Waals surface area contributed by atoms with Gasteiger partial charge in [0.15, 0.2) is 5.60 Å². The SMILES string of the molecule is C[C@@](O)(c1cc(Cl)c(Cc2ccc(Cl)cn2)c(Cl)c1)C(F)(F)F. The average molecular weight is 385 g/mol. The molecule has 0 radical (unpaired) electrons. The maximum atomic E-state index is 12.9. The van der Waals surface area contributed by atoms with Crippen LogP contribution in [0.1, 0.15) is 23.7 Å². The van der Waals surface area contributed by atoms with Crippen LogP contribution in [0.4, 0.5) is 13.2 Å². The Morgan fingerprint density at radius 1 is 1.09 bits per heavy atom. The molecule has 0 aliphatic rings. The number of halogens is 6. The molecule has 8 heteroatoms. The van der Waals surface area contributed by atoms with Crippen molar-refractivity contribution in [2.45, 2.75) is 25.1 Å². The minimum Gasteiger partial charge on any atom is -0.376 e. The molecule has 0 bridgehead atoms. The number of benzene rings is 1. The fourth-order valence-corrected chi connectivity index (χ4v) is 2.64. The van der Waals surface area contributed by atoms with Crippen LogP contribution >= 0.6 is 34.8 Å². The van der Waals surface area contributed by atoms with Crippen LogP contribution in [-0.4, -0.2) is 16.3 Å². The monoisotopic (exact) mass is 383 g/mol. The molecule has 2 rings (SSSR count). The number of aromatic nitrogens is 1. The van der Waals surface area contributed by atoms with Gasteiger partial charge in [0.1, 0.15) is 0 Å². The van der Waals surface area contributed by atoms with Crippen molar-refractivity contribution in [3.8, 4) is 0 Å². The number of pyridine rings is 1. The summed E-state index contributed by atoms with van der Waals surface area (Å²) in [5, 5.41) is 10.2. The lowest BCUT2D eigenvalue weighted by Gasteiger charge is -2.27. The zero-order valence-corrected chi connectivity index (χ0v) is 14.0. The summed E-state index contributed by atoms with van der Waals surface area (Å²) >= 11 is 17.9. The average Bonchev–Trinajstić information content (AvgIpc) is 2.43. The summed E-state index contributed by atoms with van der Waals surface area (Å²) in [6, 6.07) is 5.42. The summed E-state index contributed by atoms with van der Waals surface area (Å²) in [6.07, 6.45) is -3.18. The van der Waals surface area contributed by atoms with Crippen LogP contribution in [0.5, 0.6) is 0 Å². The third kappa shape index (κ3) is 3.91. The van der Waals surface area contributed by atoms with Crippen molar-refractivity contribution in [2.75, 3.05) is 0 Å². The number of alkyl halides is 3. The molecule has 0 saturated heterocycles. The van der Waals surface area contributed by atoms with E-state index in [2.05, 4.69) is 4.98 Å². The van der Waals surface area contributed by atoms with Crippen LogP contribution in [0.25, 0.3) is 0 Å². The first-order valence-electron chi connectivity index (χ1n) is 6.40. The highest BCUT2D eigenvalue weighted by molar-refractivity contribution is 6.36. The second-order valence-corrected chi connectivity index (χ2v) is 6.38. The second-order valence-electron chi connectivity index (χ2n) is 5.13. The van der Waals surface area contributed by atoms with Crippen molar-refractivity contribution in [2.24, 2.45) is 0 Å². The zero-order chi connectivity index (χ0) is 17.4. The first-order chi connectivity index (χ1) is 10.5. The topological polar surface area (TPSA) is 33.1 Å². The minimum atomic E-state index is -4.85. The third-order valence-electron chi connectivity index (χ3n) is 3.40. The van der Waals surface area contributed by atoms with Gasteiger partial charge in [0, 0.05) is 28.4 Å². The van der Waals surface area contributed by atoms with E-state index in [1.807, 2.05) is 0 Å². The third-order valence-corrected chi connectivity index (χ3v) is 4.30. The van der Waals surface area contributed by atoms with Crippen LogP contribution in [-0.2, 0) is 12.0 Å². The van der Waals surface area contributed by atoms with Gasteiger partial charge >= 0.3 is 6.18 Å². The van der Waals surface area contributed by atoms with Gasteiger partial charge in [0.05, 0.1) is 5.02 Å². The van der Waals surface area contributed by atoms with E-state index in [9.17, 15) is 18.3 Å². The molecule has 0 aliphatic heterocycles. The van der Waals surface area contributed by atoms with E-state index in [1.54, 1.807) is 12.1 Å². The van der Waals surface area contributed by atoms with E-state index in [1.165, 1.54) is 6.20 Å². The summed E-state index contributed by atoms with van der Waals surface area (Å²) in [6.45, 7) is 0.648. The van der Waals surface area contributed by atoms with E-state index in [4.69, 9.17) is 34.8 Å². The van der Waals surface area contributed by atoms with Crippen molar-refractivity contribution in [1.82, 2.24) is 4.98 Å². The molecule has 1 aromatic heterocycles. The Labute approximate surface area is 145 Å². The molecule has 1 heterocycles. The Morgan fingerprint density at radius 2 is 1.65 bits per heavy atom. The summed E-state index contributed by atoms with van der Waals surface area (Å²) in [5.74, 6) is 0. The molecule has 0 fully saturated rings. The summed E-state index contributed by atoms with van der Waals surface area (Å²) < 4.78 is 38.7. The fourth-order valence-electron chi connectivity index (χ4n) is 1.91. The predicted octanol–water partition coefficient (Wildman–Crippen LogP) is 5.40. The van der Waals surface area contributed by atoms with Gasteiger partial charge in [0.2, 0.25) is 0 Å². The maximum absolute atomic E-state index is 12.9. The number of aliphatic hydroxyl groups is 1. The largest absolute Gasteiger partial charge is 0.421 e. The smallest absolute Gasteiger partial charge is 0.376 e. The van der Waals surface area contributed by atoms with E-state index < -0.39 is 17.3 Å². The Kier molecular flexibility index (Phi) is 5.16. The Hall–Kier alpha value is -1.01. The van der Waals surface area contributed by atoms with Crippen molar-refractivity contribution in [1.29, 1.82) is 0 Å². The van der Waals surface area contributed by atoms with Gasteiger partial charge in [-0.1, -0.05) is 34.8 Å². The predicted molar refractivity (Wildman–Crippen MR) is 84.1 cm³/mol. The molecule has 2 aromatic rings.